The minimum Gasteiger partial charge on any atom is -0.375 e. The van der Waals surface area contributed by atoms with Gasteiger partial charge in [0, 0.05) is 30.1 Å². The van der Waals surface area contributed by atoms with Crippen LogP contribution in [0.15, 0.2) is 77.7 Å². The summed E-state index contributed by atoms with van der Waals surface area (Å²) in [5.41, 5.74) is 2.80. The Labute approximate surface area is 198 Å². The lowest BCUT2D eigenvalue weighted by atomic mass is 10.1. The van der Waals surface area contributed by atoms with Crippen molar-refractivity contribution in [1.82, 2.24) is 0 Å². The quantitative estimate of drug-likeness (QED) is 0.538. The SMILES string of the molecule is COCC(=O)Nc1cccc(NC(=O)c2cccc(S(=O)(=O)N3c4ccccc4CC3C)c2)c1. The van der Waals surface area contributed by atoms with E-state index < -0.39 is 15.9 Å². The highest BCUT2D eigenvalue weighted by atomic mass is 32.2. The smallest absolute Gasteiger partial charge is 0.264 e. The number of para-hydroxylation sites is 1. The van der Waals surface area contributed by atoms with Gasteiger partial charge >= 0.3 is 0 Å². The zero-order chi connectivity index (χ0) is 24.3. The fourth-order valence-electron chi connectivity index (χ4n) is 4.02. The van der Waals surface area contributed by atoms with Crippen LogP contribution in [0.1, 0.15) is 22.8 Å². The first kappa shape index (κ1) is 23.5. The van der Waals surface area contributed by atoms with Crippen LogP contribution in [0.2, 0.25) is 0 Å². The molecule has 1 unspecified atom stereocenters. The van der Waals surface area contributed by atoms with E-state index in [4.69, 9.17) is 4.74 Å². The molecule has 0 fully saturated rings. The number of carbonyl (C=O) groups excluding carboxylic acids is 2. The molecular formula is C25H25N3O5S. The van der Waals surface area contributed by atoms with Gasteiger partial charge in [-0.1, -0.05) is 30.3 Å². The Balaban J connectivity index is 1.55. The van der Waals surface area contributed by atoms with Gasteiger partial charge in [0.25, 0.3) is 15.9 Å². The van der Waals surface area contributed by atoms with Crippen molar-refractivity contribution >= 4 is 38.9 Å². The topological polar surface area (TPSA) is 105 Å². The minimum atomic E-state index is -3.86. The van der Waals surface area contributed by atoms with Crippen molar-refractivity contribution in [3.05, 3.63) is 83.9 Å². The van der Waals surface area contributed by atoms with Gasteiger partial charge in [0.1, 0.15) is 6.61 Å². The number of nitrogens with zero attached hydrogens (tertiary/aromatic N) is 1. The Kier molecular flexibility index (Phi) is 6.67. The molecule has 3 aromatic carbocycles. The summed E-state index contributed by atoms with van der Waals surface area (Å²) in [6.07, 6.45) is 0.632. The highest BCUT2D eigenvalue weighted by Crippen LogP contribution is 2.36. The summed E-state index contributed by atoms with van der Waals surface area (Å²) in [4.78, 5) is 24.7. The van der Waals surface area contributed by atoms with Gasteiger partial charge < -0.3 is 15.4 Å². The second-order valence-corrected chi connectivity index (χ2v) is 9.84. The van der Waals surface area contributed by atoms with Crippen LogP contribution < -0.4 is 14.9 Å². The van der Waals surface area contributed by atoms with E-state index in [1.807, 2.05) is 25.1 Å². The molecule has 1 aliphatic heterocycles. The summed E-state index contributed by atoms with van der Waals surface area (Å²) in [5, 5.41) is 5.42. The van der Waals surface area contributed by atoms with Gasteiger partial charge in [0.05, 0.1) is 10.6 Å². The molecule has 1 aliphatic rings. The summed E-state index contributed by atoms with van der Waals surface area (Å²) in [6.45, 7) is 1.78. The molecule has 2 N–H and O–H groups in total. The molecule has 1 atom stereocenters. The fraction of sp³-hybridized carbons (Fsp3) is 0.200. The third-order valence-electron chi connectivity index (χ3n) is 5.48. The molecule has 1 heterocycles. The summed E-state index contributed by atoms with van der Waals surface area (Å²) >= 11 is 0. The number of nitrogens with one attached hydrogen (secondary N) is 2. The third kappa shape index (κ3) is 4.80. The monoisotopic (exact) mass is 479 g/mol. The normalized spacial score (nSPS) is 15.0. The van der Waals surface area contributed by atoms with E-state index in [2.05, 4.69) is 10.6 Å². The lowest BCUT2D eigenvalue weighted by molar-refractivity contribution is -0.119. The molecule has 2 amide bonds. The van der Waals surface area contributed by atoms with Crippen LogP contribution in [-0.2, 0) is 26.0 Å². The van der Waals surface area contributed by atoms with Gasteiger partial charge in [-0.25, -0.2) is 8.42 Å². The number of amides is 2. The Hall–Kier alpha value is -3.69. The van der Waals surface area contributed by atoms with Crippen molar-refractivity contribution in [2.75, 3.05) is 28.7 Å². The van der Waals surface area contributed by atoms with Crippen molar-refractivity contribution in [3.8, 4) is 0 Å². The molecule has 34 heavy (non-hydrogen) atoms. The first-order valence-electron chi connectivity index (χ1n) is 10.7. The van der Waals surface area contributed by atoms with E-state index in [0.717, 1.165) is 5.56 Å². The van der Waals surface area contributed by atoms with Crippen LogP contribution in [0.5, 0.6) is 0 Å². The first-order chi connectivity index (χ1) is 16.3. The van der Waals surface area contributed by atoms with Gasteiger partial charge in [-0.2, -0.15) is 0 Å². The van der Waals surface area contributed by atoms with E-state index in [1.165, 1.54) is 23.5 Å². The number of benzene rings is 3. The molecule has 0 aliphatic carbocycles. The molecule has 0 saturated carbocycles. The summed E-state index contributed by atoms with van der Waals surface area (Å²) in [7, 11) is -2.44. The second kappa shape index (κ2) is 9.66. The molecule has 176 valence electrons. The molecule has 9 heteroatoms. The van der Waals surface area contributed by atoms with E-state index in [-0.39, 0.29) is 29.0 Å². The van der Waals surface area contributed by atoms with Crippen LogP contribution in [0.3, 0.4) is 0 Å². The lowest BCUT2D eigenvalue weighted by Crippen LogP contribution is -2.35. The number of anilines is 3. The van der Waals surface area contributed by atoms with Gasteiger partial charge in [0.2, 0.25) is 5.91 Å². The lowest BCUT2D eigenvalue weighted by Gasteiger charge is -2.24. The molecule has 0 radical (unpaired) electrons. The summed E-state index contributed by atoms with van der Waals surface area (Å²) in [5.74, 6) is -0.783. The largest absolute Gasteiger partial charge is 0.375 e. The van der Waals surface area contributed by atoms with E-state index in [0.29, 0.717) is 23.5 Å². The predicted molar refractivity (Wildman–Crippen MR) is 131 cm³/mol. The van der Waals surface area contributed by atoms with Crippen LogP contribution in [-0.4, -0.2) is 40.0 Å². The zero-order valence-corrected chi connectivity index (χ0v) is 19.6. The van der Waals surface area contributed by atoms with Gasteiger partial charge in [-0.3, -0.25) is 13.9 Å². The Morgan fingerprint density at radius 3 is 2.44 bits per heavy atom. The van der Waals surface area contributed by atoms with Crippen molar-refractivity contribution in [1.29, 1.82) is 0 Å². The molecule has 0 bridgehead atoms. The Bertz CT molecular complexity index is 1340. The Morgan fingerprint density at radius 2 is 1.68 bits per heavy atom. The molecule has 8 nitrogen and oxygen atoms in total. The number of hydrogen-bond donors (Lipinski definition) is 2. The van der Waals surface area contributed by atoms with Crippen LogP contribution in [0.4, 0.5) is 17.1 Å². The molecule has 0 spiro atoms. The van der Waals surface area contributed by atoms with Crippen molar-refractivity contribution in [2.24, 2.45) is 0 Å². The zero-order valence-electron chi connectivity index (χ0n) is 18.8. The van der Waals surface area contributed by atoms with Crippen molar-refractivity contribution < 1.29 is 22.7 Å². The maximum Gasteiger partial charge on any atom is 0.264 e. The standard InChI is InChI=1S/C25H25N3O5S/c1-17-13-18-7-3-4-12-23(18)28(17)34(31,32)22-11-5-8-19(14-22)25(30)27-21-10-6-9-20(15-21)26-24(29)16-33-2/h3-12,14-15,17H,13,16H2,1-2H3,(H,26,29)(H,27,30). The highest BCUT2D eigenvalue weighted by Gasteiger charge is 2.36. The number of methoxy groups -OCH3 is 1. The Morgan fingerprint density at radius 1 is 0.971 bits per heavy atom. The molecule has 3 aromatic rings. The second-order valence-electron chi connectivity index (χ2n) is 8.03. The molecule has 0 aromatic heterocycles. The van der Waals surface area contributed by atoms with Crippen LogP contribution >= 0.6 is 0 Å². The van der Waals surface area contributed by atoms with Gasteiger partial charge in [-0.05, 0) is 61.4 Å². The van der Waals surface area contributed by atoms with Gasteiger partial charge in [-0.15, -0.1) is 0 Å². The number of rotatable bonds is 7. The van der Waals surface area contributed by atoms with Crippen LogP contribution in [0, 0.1) is 0 Å². The predicted octanol–water partition coefficient (Wildman–Crippen LogP) is 3.66. The maximum absolute atomic E-state index is 13.5. The van der Waals surface area contributed by atoms with Crippen molar-refractivity contribution in [2.45, 2.75) is 24.3 Å². The summed E-state index contributed by atoms with van der Waals surface area (Å²) < 4.78 is 33.2. The number of hydrogen-bond acceptors (Lipinski definition) is 5. The fourth-order valence-corrected chi connectivity index (χ4v) is 5.76. The average molecular weight is 480 g/mol. The number of ether oxygens (including phenoxy) is 1. The van der Waals surface area contributed by atoms with Gasteiger partial charge in [0.15, 0.2) is 0 Å². The van der Waals surface area contributed by atoms with Crippen LogP contribution in [0.25, 0.3) is 0 Å². The molecule has 0 saturated heterocycles. The number of carbonyl (C=O) groups is 2. The molecular weight excluding hydrogens is 454 g/mol. The van der Waals surface area contributed by atoms with Crippen molar-refractivity contribution in [3.63, 3.8) is 0 Å². The van der Waals surface area contributed by atoms with E-state index >= 15 is 0 Å². The number of sulfonamides is 1. The number of fused-ring (bicyclic) bond motifs is 1. The molecule has 4 rings (SSSR count). The summed E-state index contributed by atoms with van der Waals surface area (Å²) in [6, 6.07) is 19.8. The average Bonchev–Trinajstić information content (AvgIpc) is 3.16. The first-order valence-corrected chi connectivity index (χ1v) is 12.2. The highest BCUT2D eigenvalue weighted by molar-refractivity contribution is 7.92. The van der Waals surface area contributed by atoms with E-state index in [9.17, 15) is 18.0 Å². The third-order valence-corrected chi connectivity index (χ3v) is 7.40. The maximum atomic E-state index is 13.5. The minimum absolute atomic E-state index is 0.0456. The van der Waals surface area contributed by atoms with E-state index in [1.54, 1.807) is 42.5 Å².